The summed E-state index contributed by atoms with van der Waals surface area (Å²) in [7, 11) is 4.56. The van der Waals surface area contributed by atoms with Crippen LogP contribution in [-0.4, -0.2) is 43.1 Å². The third-order valence-electron chi connectivity index (χ3n) is 6.34. The molecule has 37 heavy (non-hydrogen) atoms. The Balaban J connectivity index is 1.98. The minimum Gasteiger partial charge on any atom is -0.493 e. The highest BCUT2D eigenvalue weighted by atomic mass is 32.2. The number of nitrogens with zero attached hydrogens (tertiary/aromatic N) is 4. The first-order chi connectivity index (χ1) is 17.7. The van der Waals surface area contributed by atoms with Crippen molar-refractivity contribution >= 4 is 34.0 Å². The van der Waals surface area contributed by atoms with E-state index in [0.29, 0.717) is 52.1 Å². The molecule has 11 heteroatoms. The van der Waals surface area contributed by atoms with Gasteiger partial charge in [0.15, 0.2) is 21.6 Å². The number of benzene rings is 1. The number of anilines is 1. The number of hydrogen-bond acceptors (Lipinski definition) is 11. The first-order valence-electron chi connectivity index (χ1n) is 11.5. The zero-order chi connectivity index (χ0) is 26.9. The monoisotopic (exact) mass is 539 g/mol. The van der Waals surface area contributed by atoms with Gasteiger partial charge in [0.2, 0.25) is 10.9 Å². The molecule has 1 aliphatic heterocycles. The van der Waals surface area contributed by atoms with E-state index in [1.54, 1.807) is 23.1 Å². The number of methoxy groups -OCH3 is 3. The van der Waals surface area contributed by atoms with Crippen molar-refractivity contribution in [1.82, 2.24) is 10.2 Å². The number of ketones is 1. The third-order valence-corrected chi connectivity index (χ3v) is 8.38. The molecular formula is C26H29N5O4S2. The van der Waals surface area contributed by atoms with Crippen molar-refractivity contribution in [3.8, 4) is 23.3 Å². The van der Waals surface area contributed by atoms with Crippen LogP contribution in [0.25, 0.3) is 0 Å². The lowest BCUT2D eigenvalue weighted by atomic mass is 9.68. The molecule has 194 valence electrons. The molecule has 0 saturated heterocycles. The number of aromatic nitrogens is 2. The summed E-state index contributed by atoms with van der Waals surface area (Å²) in [6.45, 7) is 7.84. The van der Waals surface area contributed by atoms with Crippen molar-refractivity contribution in [2.24, 2.45) is 11.1 Å². The Morgan fingerprint density at radius 3 is 2.59 bits per heavy atom. The summed E-state index contributed by atoms with van der Waals surface area (Å²) in [6, 6.07) is 5.80. The van der Waals surface area contributed by atoms with E-state index in [-0.39, 0.29) is 22.6 Å². The smallest absolute Gasteiger partial charge is 0.219 e. The Kier molecular flexibility index (Phi) is 7.52. The van der Waals surface area contributed by atoms with Gasteiger partial charge in [0.05, 0.1) is 38.9 Å². The van der Waals surface area contributed by atoms with E-state index >= 15 is 0 Å². The maximum absolute atomic E-state index is 13.8. The number of rotatable bonds is 8. The summed E-state index contributed by atoms with van der Waals surface area (Å²) in [4.78, 5) is 15.5. The fourth-order valence-corrected chi connectivity index (χ4v) is 6.51. The summed E-state index contributed by atoms with van der Waals surface area (Å²) in [6.07, 6.45) is 2.69. The topological polar surface area (TPSA) is 124 Å². The Hall–Kier alpha value is -3.49. The average Bonchev–Trinajstić information content (AvgIpc) is 3.33. The Morgan fingerprint density at radius 2 is 1.97 bits per heavy atom. The normalized spacial score (nSPS) is 18.9. The Morgan fingerprint density at radius 1 is 1.24 bits per heavy atom. The van der Waals surface area contributed by atoms with Crippen molar-refractivity contribution in [2.75, 3.05) is 32.0 Å². The van der Waals surface area contributed by atoms with Crippen LogP contribution in [0, 0.1) is 16.7 Å². The number of allylic oxidation sites excluding steroid dienone is 3. The van der Waals surface area contributed by atoms with E-state index in [1.165, 1.54) is 44.4 Å². The third kappa shape index (κ3) is 4.67. The number of carbonyl (C=O) groups is 1. The molecule has 1 aromatic carbocycles. The standard InChI is InChI=1S/C26H29N5O4S2/c1-7-10-36-25-30-29-24(37-25)31-16-11-26(2,3)12-17(32)20(16)19(15(13-27)23(31)28)14-8-9-18(33-4)22(35-6)21(14)34-5/h7-9,19H,1,10-12,28H2,2-6H3. The average molecular weight is 540 g/mol. The van der Waals surface area contributed by atoms with Crippen LogP contribution < -0.4 is 24.8 Å². The van der Waals surface area contributed by atoms with Crippen molar-refractivity contribution in [1.29, 1.82) is 5.26 Å². The van der Waals surface area contributed by atoms with Gasteiger partial charge < -0.3 is 19.9 Å². The maximum atomic E-state index is 13.8. The largest absolute Gasteiger partial charge is 0.493 e. The molecule has 1 aliphatic carbocycles. The maximum Gasteiger partial charge on any atom is 0.219 e. The molecule has 1 atom stereocenters. The molecule has 2 aliphatic rings. The summed E-state index contributed by atoms with van der Waals surface area (Å²) in [5.74, 6) is 1.33. The quantitative estimate of drug-likeness (QED) is 0.370. The van der Waals surface area contributed by atoms with Gasteiger partial charge in [-0.25, -0.2) is 0 Å². The highest BCUT2D eigenvalue weighted by Gasteiger charge is 2.46. The lowest BCUT2D eigenvalue weighted by Crippen LogP contribution is -2.42. The minimum atomic E-state index is -0.739. The molecule has 9 nitrogen and oxygen atoms in total. The van der Waals surface area contributed by atoms with Crippen molar-refractivity contribution in [3.05, 3.63) is 53.0 Å². The van der Waals surface area contributed by atoms with E-state index in [9.17, 15) is 10.1 Å². The molecule has 2 heterocycles. The predicted octanol–water partition coefficient (Wildman–Crippen LogP) is 4.78. The van der Waals surface area contributed by atoms with Crippen LogP contribution in [0.3, 0.4) is 0 Å². The second-order valence-corrected chi connectivity index (χ2v) is 11.6. The van der Waals surface area contributed by atoms with Gasteiger partial charge in [0, 0.05) is 29.0 Å². The lowest BCUT2D eigenvalue weighted by molar-refractivity contribution is -0.118. The first-order valence-corrected chi connectivity index (χ1v) is 13.3. The number of hydrogen-bond donors (Lipinski definition) is 1. The molecule has 1 unspecified atom stereocenters. The number of nitriles is 1. The van der Waals surface area contributed by atoms with Crippen molar-refractivity contribution in [2.45, 2.75) is 36.9 Å². The van der Waals surface area contributed by atoms with Crippen LogP contribution in [0.5, 0.6) is 17.2 Å². The van der Waals surface area contributed by atoms with Crippen LogP contribution in [-0.2, 0) is 4.79 Å². The summed E-state index contributed by atoms with van der Waals surface area (Å²) in [5, 5.41) is 19.5. The van der Waals surface area contributed by atoms with E-state index in [1.807, 2.05) is 13.8 Å². The van der Waals surface area contributed by atoms with Crippen LogP contribution >= 0.6 is 23.1 Å². The van der Waals surface area contributed by atoms with Gasteiger partial charge in [0.25, 0.3) is 0 Å². The van der Waals surface area contributed by atoms with Crippen molar-refractivity contribution in [3.63, 3.8) is 0 Å². The highest BCUT2D eigenvalue weighted by molar-refractivity contribution is 8.01. The molecule has 0 bridgehead atoms. The summed E-state index contributed by atoms with van der Waals surface area (Å²) in [5.41, 5.74) is 8.46. The predicted molar refractivity (Wildman–Crippen MR) is 144 cm³/mol. The van der Waals surface area contributed by atoms with E-state index in [2.05, 4.69) is 22.8 Å². The highest BCUT2D eigenvalue weighted by Crippen LogP contribution is 2.54. The number of ether oxygens (including phenoxy) is 3. The molecule has 0 spiro atoms. The molecule has 2 N–H and O–H groups in total. The van der Waals surface area contributed by atoms with Crippen LogP contribution in [0.1, 0.15) is 38.2 Å². The van der Waals surface area contributed by atoms with Crippen LogP contribution in [0.15, 0.2) is 51.8 Å². The van der Waals surface area contributed by atoms with Crippen molar-refractivity contribution < 1.29 is 19.0 Å². The van der Waals surface area contributed by atoms with Gasteiger partial charge in [-0.15, -0.1) is 16.8 Å². The Labute approximate surface area is 224 Å². The number of thioether (sulfide) groups is 1. The van der Waals surface area contributed by atoms with E-state index in [0.717, 1.165) is 10.0 Å². The number of Topliss-reactive ketones (excluding diaryl/α,β-unsaturated/α-hetero) is 1. The molecule has 0 amide bonds. The zero-order valence-electron chi connectivity index (χ0n) is 21.5. The molecular weight excluding hydrogens is 510 g/mol. The first kappa shape index (κ1) is 26.6. The zero-order valence-corrected chi connectivity index (χ0v) is 23.1. The second kappa shape index (κ2) is 10.5. The number of nitrogens with two attached hydrogens (primary N) is 1. The summed E-state index contributed by atoms with van der Waals surface area (Å²) < 4.78 is 17.5. The Bertz CT molecular complexity index is 1360. The van der Waals surface area contributed by atoms with Gasteiger partial charge in [0.1, 0.15) is 5.82 Å². The molecule has 0 radical (unpaired) electrons. The molecule has 0 saturated carbocycles. The fraction of sp³-hybridized carbons (Fsp3) is 0.385. The lowest BCUT2D eigenvalue weighted by Gasteiger charge is -2.42. The van der Waals surface area contributed by atoms with Crippen LogP contribution in [0.2, 0.25) is 0 Å². The minimum absolute atomic E-state index is 0.0518. The second-order valence-electron chi connectivity index (χ2n) is 9.35. The van der Waals surface area contributed by atoms with Gasteiger partial charge in [-0.05, 0) is 17.9 Å². The van der Waals surface area contributed by atoms with Gasteiger partial charge in [-0.1, -0.05) is 49.1 Å². The fourth-order valence-electron chi connectivity index (χ4n) is 4.87. The molecule has 1 aromatic heterocycles. The van der Waals surface area contributed by atoms with Crippen LogP contribution in [0.4, 0.5) is 5.13 Å². The van der Waals surface area contributed by atoms with Gasteiger partial charge in [-0.2, -0.15) is 5.26 Å². The summed E-state index contributed by atoms with van der Waals surface area (Å²) >= 11 is 2.86. The van der Waals surface area contributed by atoms with Gasteiger partial charge in [-0.3, -0.25) is 9.69 Å². The van der Waals surface area contributed by atoms with E-state index in [4.69, 9.17) is 19.9 Å². The number of carbonyl (C=O) groups excluding carboxylic acids is 1. The molecule has 2 aromatic rings. The van der Waals surface area contributed by atoms with Gasteiger partial charge >= 0.3 is 0 Å². The molecule has 0 fully saturated rings. The SMILES string of the molecule is C=CCSc1nnc(N2C(N)=C(C#N)C(c3ccc(OC)c(OC)c3OC)C3=C2CC(C)(C)CC3=O)s1. The molecule has 4 rings (SSSR count). The van der Waals surface area contributed by atoms with E-state index < -0.39 is 5.92 Å².